The predicted molar refractivity (Wildman–Crippen MR) is 99.1 cm³/mol. The van der Waals surface area contributed by atoms with Crippen LogP contribution in [0, 0.1) is 5.92 Å². The van der Waals surface area contributed by atoms with E-state index in [2.05, 4.69) is 10.2 Å². The quantitative estimate of drug-likeness (QED) is 0.839. The molecule has 4 aliphatic rings. The van der Waals surface area contributed by atoms with Gasteiger partial charge in [0.15, 0.2) is 0 Å². The standard InChI is InChI=1S/C20H21F3N2OS/c21-20(22,23)11-14-3-1-2-13-10-15(27-16(13)14)18(26)24-17-12-4-8-25(9-5-12)19(17)6-7-19/h1-3,10,12,17H,4-9,11H2,(H,24,26)/t17-/m1/s1. The maximum absolute atomic E-state index is 12.9. The summed E-state index contributed by atoms with van der Waals surface area (Å²) in [5.74, 6) is 0.385. The van der Waals surface area contributed by atoms with E-state index in [1.165, 1.54) is 17.4 Å². The number of alkyl halides is 3. The summed E-state index contributed by atoms with van der Waals surface area (Å²) >= 11 is 1.18. The lowest BCUT2D eigenvalue weighted by molar-refractivity contribution is -0.126. The molecule has 1 atom stereocenters. The summed E-state index contributed by atoms with van der Waals surface area (Å²) in [5, 5.41) is 3.97. The van der Waals surface area contributed by atoms with Crippen molar-refractivity contribution in [3.63, 3.8) is 0 Å². The Hall–Kier alpha value is -1.60. The molecule has 3 aliphatic heterocycles. The summed E-state index contributed by atoms with van der Waals surface area (Å²) in [4.78, 5) is 16.0. The molecule has 7 heteroatoms. The van der Waals surface area contributed by atoms with Crippen LogP contribution in [0.5, 0.6) is 0 Å². The average molecular weight is 394 g/mol. The Kier molecular flexibility index (Phi) is 3.85. The predicted octanol–water partition coefficient (Wildman–Crippen LogP) is 4.36. The molecule has 2 bridgehead atoms. The first-order valence-corrected chi connectivity index (χ1v) is 10.3. The third kappa shape index (κ3) is 2.95. The zero-order chi connectivity index (χ0) is 18.8. The van der Waals surface area contributed by atoms with Crippen molar-refractivity contribution in [2.24, 2.45) is 5.92 Å². The molecule has 2 aromatic rings. The number of piperidine rings is 3. The smallest absolute Gasteiger partial charge is 0.346 e. The molecule has 1 aliphatic carbocycles. The Morgan fingerprint density at radius 2 is 2.00 bits per heavy atom. The molecule has 1 spiro atoms. The summed E-state index contributed by atoms with van der Waals surface area (Å²) < 4.78 is 39.1. The van der Waals surface area contributed by atoms with Crippen LogP contribution in [0.2, 0.25) is 0 Å². The van der Waals surface area contributed by atoms with Gasteiger partial charge in [-0.3, -0.25) is 9.69 Å². The van der Waals surface area contributed by atoms with Crippen LogP contribution >= 0.6 is 11.3 Å². The highest BCUT2D eigenvalue weighted by atomic mass is 32.1. The SMILES string of the molecule is O=C(N[C@@H]1C2CCN(CC2)C12CC2)c1cc2cccc(CC(F)(F)F)c2s1. The van der Waals surface area contributed by atoms with Gasteiger partial charge >= 0.3 is 6.18 Å². The summed E-state index contributed by atoms with van der Waals surface area (Å²) in [7, 11) is 0. The van der Waals surface area contributed by atoms with Crippen LogP contribution in [0.25, 0.3) is 10.1 Å². The number of fused-ring (bicyclic) bond motifs is 3. The number of nitrogens with zero attached hydrogens (tertiary/aromatic N) is 1. The van der Waals surface area contributed by atoms with Gasteiger partial charge in [0.1, 0.15) is 0 Å². The maximum Gasteiger partial charge on any atom is 0.393 e. The van der Waals surface area contributed by atoms with Crippen molar-refractivity contribution in [3.05, 3.63) is 34.7 Å². The van der Waals surface area contributed by atoms with Gasteiger partial charge in [0.05, 0.1) is 17.3 Å². The van der Waals surface area contributed by atoms with Gasteiger partial charge in [0, 0.05) is 10.2 Å². The van der Waals surface area contributed by atoms with E-state index in [9.17, 15) is 18.0 Å². The molecular weight excluding hydrogens is 373 g/mol. The third-order valence-corrected chi connectivity index (χ3v) is 7.73. The van der Waals surface area contributed by atoms with Crippen LogP contribution in [0.3, 0.4) is 0 Å². The van der Waals surface area contributed by atoms with Crippen LogP contribution in [0.15, 0.2) is 24.3 Å². The normalized spacial score (nSPS) is 28.6. The highest BCUT2D eigenvalue weighted by molar-refractivity contribution is 7.21. The largest absolute Gasteiger partial charge is 0.393 e. The number of rotatable bonds is 3. The number of benzene rings is 1. The average Bonchev–Trinajstić information content (AvgIpc) is 3.26. The third-order valence-electron chi connectivity index (χ3n) is 6.51. The van der Waals surface area contributed by atoms with Crippen LogP contribution in [-0.4, -0.2) is 41.7 Å². The maximum atomic E-state index is 12.9. The Labute approximate surface area is 159 Å². The van der Waals surface area contributed by atoms with E-state index >= 15 is 0 Å². The molecule has 0 radical (unpaired) electrons. The second kappa shape index (κ2) is 5.95. The van der Waals surface area contributed by atoms with Gasteiger partial charge in [-0.2, -0.15) is 13.2 Å². The lowest BCUT2D eigenvalue weighted by Crippen LogP contribution is -2.65. The number of nitrogens with one attached hydrogen (secondary N) is 1. The fraction of sp³-hybridized carbons (Fsp3) is 0.550. The van der Waals surface area contributed by atoms with Crippen molar-refractivity contribution >= 4 is 27.3 Å². The number of carbonyl (C=O) groups is 1. The minimum absolute atomic E-state index is 0.140. The minimum Gasteiger partial charge on any atom is -0.346 e. The topological polar surface area (TPSA) is 32.3 Å². The van der Waals surface area contributed by atoms with Crippen LogP contribution in [0.1, 0.15) is 40.9 Å². The number of carbonyl (C=O) groups excluding carboxylic acids is 1. The van der Waals surface area contributed by atoms with Crippen molar-refractivity contribution in [3.8, 4) is 0 Å². The van der Waals surface area contributed by atoms with Gasteiger partial charge in [-0.1, -0.05) is 18.2 Å². The Balaban J connectivity index is 1.41. The first kappa shape index (κ1) is 17.5. The zero-order valence-electron chi connectivity index (χ0n) is 14.8. The van der Waals surface area contributed by atoms with E-state index in [1.807, 2.05) is 0 Å². The van der Waals surface area contributed by atoms with E-state index in [0.29, 0.717) is 20.9 Å². The fourth-order valence-electron chi connectivity index (χ4n) is 5.12. The minimum atomic E-state index is -4.26. The first-order chi connectivity index (χ1) is 12.9. The molecule has 144 valence electrons. The van der Waals surface area contributed by atoms with E-state index in [-0.39, 0.29) is 23.1 Å². The van der Waals surface area contributed by atoms with Gasteiger partial charge in [0.2, 0.25) is 0 Å². The number of amides is 1. The molecule has 0 unspecified atom stereocenters. The molecule has 6 rings (SSSR count). The lowest BCUT2D eigenvalue weighted by Gasteiger charge is -2.52. The second-order valence-corrected chi connectivity index (χ2v) is 9.17. The second-order valence-electron chi connectivity index (χ2n) is 8.12. The highest BCUT2D eigenvalue weighted by Gasteiger charge is 2.60. The summed E-state index contributed by atoms with van der Waals surface area (Å²) in [5.41, 5.74) is 0.389. The summed E-state index contributed by atoms with van der Waals surface area (Å²) in [6.45, 7) is 2.25. The van der Waals surface area contributed by atoms with E-state index < -0.39 is 12.6 Å². The fourth-order valence-corrected chi connectivity index (χ4v) is 6.20. The van der Waals surface area contributed by atoms with Crippen LogP contribution in [0.4, 0.5) is 13.2 Å². The number of halogens is 3. The molecule has 1 saturated carbocycles. The molecule has 27 heavy (non-hydrogen) atoms. The van der Waals surface area contributed by atoms with E-state index in [0.717, 1.165) is 38.8 Å². The van der Waals surface area contributed by atoms with Crippen molar-refractivity contribution in [2.45, 2.75) is 49.9 Å². The highest BCUT2D eigenvalue weighted by Crippen LogP contribution is 2.53. The van der Waals surface area contributed by atoms with E-state index in [1.54, 1.807) is 18.2 Å². The van der Waals surface area contributed by atoms with Gasteiger partial charge in [-0.05, 0) is 61.7 Å². The molecule has 1 amide bonds. The Morgan fingerprint density at radius 1 is 1.26 bits per heavy atom. The Morgan fingerprint density at radius 3 is 2.67 bits per heavy atom. The van der Waals surface area contributed by atoms with Crippen LogP contribution < -0.4 is 5.32 Å². The number of hydrogen-bond acceptors (Lipinski definition) is 3. The molecule has 4 fully saturated rings. The monoisotopic (exact) mass is 394 g/mol. The molecule has 3 saturated heterocycles. The zero-order valence-corrected chi connectivity index (χ0v) is 15.6. The van der Waals surface area contributed by atoms with Gasteiger partial charge in [-0.15, -0.1) is 11.3 Å². The van der Waals surface area contributed by atoms with Crippen LogP contribution in [-0.2, 0) is 6.42 Å². The molecule has 1 aromatic heterocycles. The molecule has 1 N–H and O–H groups in total. The van der Waals surface area contributed by atoms with Crippen molar-refractivity contribution in [1.29, 1.82) is 0 Å². The summed E-state index contributed by atoms with van der Waals surface area (Å²) in [6, 6.07) is 6.81. The molecule has 4 heterocycles. The van der Waals surface area contributed by atoms with Gasteiger partial charge < -0.3 is 5.32 Å². The van der Waals surface area contributed by atoms with Crippen molar-refractivity contribution < 1.29 is 18.0 Å². The van der Waals surface area contributed by atoms with Crippen molar-refractivity contribution in [2.75, 3.05) is 13.1 Å². The van der Waals surface area contributed by atoms with E-state index in [4.69, 9.17) is 0 Å². The van der Waals surface area contributed by atoms with Gasteiger partial charge in [-0.25, -0.2) is 0 Å². The molecule has 1 aromatic carbocycles. The van der Waals surface area contributed by atoms with Gasteiger partial charge in [0.25, 0.3) is 5.91 Å². The Bertz CT molecular complexity index is 894. The lowest BCUT2D eigenvalue weighted by atomic mass is 9.77. The first-order valence-electron chi connectivity index (χ1n) is 9.50. The molecule has 3 nitrogen and oxygen atoms in total. The summed E-state index contributed by atoms with van der Waals surface area (Å²) in [6.07, 6.45) is -0.708. The van der Waals surface area contributed by atoms with Crippen molar-refractivity contribution in [1.82, 2.24) is 10.2 Å². The number of thiophene rings is 1. The molecular formula is C20H21F3N2OS. The number of hydrogen-bond donors (Lipinski definition) is 1.